The van der Waals surface area contributed by atoms with Crippen LogP contribution in [-0.4, -0.2) is 32.8 Å². The number of carbonyl (C=O) groups excluding carboxylic acids is 1. The quantitative estimate of drug-likeness (QED) is 0.519. The molecule has 0 saturated heterocycles. The number of hydrogen-bond donors (Lipinski definition) is 1. The molecule has 0 aliphatic rings. The van der Waals surface area contributed by atoms with Crippen molar-refractivity contribution in [1.29, 1.82) is 0 Å². The number of rotatable bonds is 8. The van der Waals surface area contributed by atoms with Crippen molar-refractivity contribution in [3.63, 3.8) is 0 Å². The Bertz CT molecular complexity index is 721. The van der Waals surface area contributed by atoms with Gasteiger partial charge in [0.25, 0.3) is 0 Å². The summed E-state index contributed by atoms with van der Waals surface area (Å²) in [6.07, 6.45) is 0.426. The van der Waals surface area contributed by atoms with Crippen LogP contribution in [0.15, 0.2) is 36.4 Å². The number of benzene rings is 2. The molecule has 0 amide bonds. The van der Waals surface area contributed by atoms with E-state index in [1.54, 1.807) is 21.1 Å². The Balaban J connectivity index is 2.29. The van der Waals surface area contributed by atoms with Crippen molar-refractivity contribution in [2.75, 3.05) is 20.8 Å². The zero-order valence-corrected chi connectivity index (χ0v) is 16.8. The number of alkyl halides is 1. The van der Waals surface area contributed by atoms with Gasteiger partial charge in [0.2, 0.25) is 0 Å². The smallest absolute Gasteiger partial charge is 0.323 e. The fourth-order valence-corrected chi connectivity index (χ4v) is 3.05. The lowest BCUT2D eigenvalue weighted by Gasteiger charge is -2.16. The lowest BCUT2D eigenvalue weighted by molar-refractivity contribution is -0.144. The molecular weight excluding hydrogens is 398 g/mol. The van der Waals surface area contributed by atoms with Gasteiger partial charge in [-0.15, -0.1) is 0 Å². The summed E-state index contributed by atoms with van der Waals surface area (Å²) in [6, 6.07) is 11.2. The molecule has 0 unspecified atom stereocenters. The molecule has 2 aromatic rings. The highest BCUT2D eigenvalue weighted by atomic mass is 79.9. The van der Waals surface area contributed by atoms with Crippen molar-refractivity contribution in [3.05, 3.63) is 47.5 Å². The second-order valence-corrected chi connectivity index (χ2v) is 6.33. The summed E-state index contributed by atoms with van der Waals surface area (Å²) in [7, 11) is 3.28. The van der Waals surface area contributed by atoms with Crippen LogP contribution in [0.2, 0.25) is 0 Å². The minimum Gasteiger partial charge on any atom is -0.496 e. The van der Waals surface area contributed by atoms with Gasteiger partial charge in [0.1, 0.15) is 17.5 Å². The number of nitrogens with two attached hydrogens (primary N) is 1. The van der Waals surface area contributed by atoms with Crippen LogP contribution in [0.1, 0.15) is 18.1 Å². The molecule has 140 valence electrons. The maximum absolute atomic E-state index is 11.7. The molecule has 1 atom stereocenters. The SMILES string of the molecule is CCOC(=O)[C@@H](N)Cc1ccc(-c2c(OC)cc(CBr)cc2OC)cc1. The zero-order chi connectivity index (χ0) is 19.1. The first-order chi connectivity index (χ1) is 12.5. The highest BCUT2D eigenvalue weighted by Gasteiger charge is 2.17. The molecule has 0 aromatic heterocycles. The molecule has 0 aliphatic heterocycles. The van der Waals surface area contributed by atoms with Gasteiger partial charge in [-0.25, -0.2) is 0 Å². The molecule has 2 rings (SSSR count). The Morgan fingerprint density at radius 1 is 1.08 bits per heavy atom. The van der Waals surface area contributed by atoms with Gasteiger partial charge in [0.15, 0.2) is 0 Å². The molecule has 0 saturated carbocycles. The molecular formula is C20H24BrNO4. The Morgan fingerprint density at radius 2 is 1.65 bits per heavy atom. The highest BCUT2D eigenvalue weighted by Crippen LogP contribution is 2.40. The van der Waals surface area contributed by atoms with Crippen molar-refractivity contribution in [1.82, 2.24) is 0 Å². The number of esters is 1. The third-order valence-electron chi connectivity index (χ3n) is 4.01. The van der Waals surface area contributed by atoms with Crippen molar-refractivity contribution < 1.29 is 19.0 Å². The maximum atomic E-state index is 11.7. The van der Waals surface area contributed by atoms with Crippen LogP contribution >= 0.6 is 15.9 Å². The van der Waals surface area contributed by atoms with Crippen molar-refractivity contribution in [2.24, 2.45) is 5.73 Å². The molecule has 0 spiro atoms. The average molecular weight is 422 g/mol. The van der Waals surface area contributed by atoms with Gasteiger partial charge >= 0.3 is 5.97 Å². The summed E-state index contributed by atoms with van der Waals surface area (Å²) in [6.45, 7) is 2.09. The third-order valence-corrected chi connectivity index (χ3v) is 4.65. The van der Waals surface area contributed by atoms with Crippen LogP contribution in [-0.2, 0) is 21.3 Å². The number of ether oxygens (including phenoxy) is 3. The second kappa shape index (κ2) is 9.59. The van der Waals surface area contributed by atoms with E-state index in [4.69, 9.17) is 19.9 Å². The van der Waals surface area contributed by atoms with Crippen LogP contribution < -0.4 is 15.2 Å². The minimum atomic E-state index is -0.664. The van der Waals surface area contributed by atoms with E-state index in [2.05, 4.69) is 15.9 Å². The van der Waals surface area contributed by atoms with Gasteiger partial charge < -0.3 is 19.9 Å². The first-order valence-corrected chi connectivity index (χ1v) is 9.48. The third kappa shape index (κ3) is 4.77. The van der Waals surface area contributed by atoms with Gasteiger partial charge in [-0.1, -0.05) is 40.2 Å². The van der Waals surface area contributed by atoms with E-state index >= 15 is 0 Å². The van der Waals surface area contributed by atoms with E-state index in [0.29, 0.717) is 18.4 Å². The monoisotopic (exact) mass is 421 g/mol. The molecule has 5 nitrogen and oxygen atoms in total. The Hall–Kier alpha value is -2.05. The van der Waals surface area contributed by atoms with Crippen molar-refractivity contribution >= 4 is 21.9 Å². The van der Waals surface area contributed by atoms with E-state index in [0.717, 1.165) is 33.8 Å². The van der Waals surface area contributed by atoms with Gasteiger partial charge in [0, 0.05) is 5.33 Å². The lowest BCUT2D eigenvalue weighted by atomic mass is 9.98. The molecule has 0 bridgehead atoms. The van der Waals surface area contributed by atoms with Crippen LogP contribution in [0, 0.1) is 0 Å². The van der Waals surface area contributed by atoms with Gasteiger partial charge in [-0.3, -0.25) is 4.79 Å². The molecule has 26 heavy (non-hydrogen) atoms. The summed E-state index contributed by atoms with van der Waals surface area (Å²) >= 11 is 3.46. The summed E-state index contributed by atoms with van der Waals surface area (Å²) < 4.78 is 16.1. The predicted molar refractivity (Wildman–Crippen MR) is 106 cm³/mol. The fraction of sp³-hybridized carbons (Fsp3) is 0.350. The molecule has 2 aromatic carbocycles. The molecule has 0 fully saturated rings. The number of halogens is 1. The van der Waals surface area contributed by atoms with E-state index in [1.165, 1.54) is 0 Å². The fourth-order valence-electron chi connectivity index (χ4n) is 2.72. The first-order valence-electron chi connectivity index (χ1n) is 8.36. The Labute approximate surface area is 162 Å². The lowest BCUT2D eigenvalue weighted by Crippen LogP contribution is -2.34. The molecule has 0 radical (unpaired) electrons. The zero-order valence-electron chi connectivity index (χ0n) is 15.3. The van der Waals surface area contributed by atoms with Crippen LogP contribution in [0.5, 0.6) is 11.5 Å². The predicted octanol–water partition coefficient (Wildman–Crippen LogP) is 3.70. The second-order valence-electron chi connectivity index (χ2n) is 5.77. The largest absolute Gasteiger partial charge is 0.496 e. The molecule has 6 heteroatoms. The standard InChI is InChI=1S/C20H24BrNO4/c1-4-26-20(23)16(22)9-13-5-7-15(8-6-13)19-17(24-2)10-14(12-21)11-18(19)25-3/h5-8,10-11,16H,4,9,12,22H2,1-3H3/t16-/m0/s1. The summed E-state index contributed by atoms with van der Waals surface area (Å²) in [5.74, 6) is 1.11. The van der Waals surface area contributed by atoms with Gasteiger partial charge in [0.05, 0.1) is 26.4 Å². The van der Waals surface area contributed by atoms with Gasteiger partial charge in [-0.2, -0.15) is 0 Å². The summed E-state index contributed by atoms with van der Waals surface area (Å²) in [5, 5.41) is 0.713. The van der Waals surface area contributed by atoms with Gasteiger partial charge in [-0.05, 0) is 42.2 Å². The number of hydrogen-bond acceptors (Lipinski definition) is 5. The summed E-state index contributed by atoms with van der Waals surface area (Å²) in [5.41, 5.74) is 9.78. The summed E-state index contributed by atoms with van der Waals surface area (Å²) in [4.78, 5) is 11.7. The molecule has 0 heterocycles. The number of carbonyl (C=O) groups is 1. The van der Waals surface area contributed by atoms with E-state index in [-0.39, 0.29) is 5.97 Å². The van der Waals surface area contributed by atoms with Crippen LogP contribution in [0.3, 0.4) is 0 Å². The van der Waals surface area contributed by atoms with E-state index in [1.807, 2.05) is 36.4 Å². The number of methoxy groups -OCH3 is 2. The van der Waals surface area contributed by atoms with Crippen LogP contribution in [0.4, 0.5) is 0 Å². The average Bonchev–Trinajstić information content (AvgIpc) is 2.67. The topological polar surface area (TPSA) is 70.8 Å². The van der Waals surface area contributed by atoms with E-state index < -0.39 is 6.04 Å². The van der Waals surface area contributed by atoms with Crippen LogP contribution in [0.25, 0.3) is 11.1 Å². The van der Waals surface area contributed by atoms with E-state index in [9.17, 15) is 4.79 Å². The van der Waals surface area contributed by atoms with Crippen molar-refractivity contribution in [3.8, 4) is 22.6 Å². The Morgan fingerprint density at radius 3 is 2.12 bits per heavy atom. The normalized spacial score (nSPS) is 11.7. The first kappa shape index (κ1) is 20.3. The molecule has 2 N–H and O–H groups in total. The molecule has 0 aliphatic carbocycles. The Kier molecular flexibility index (Phi) is 7.48. The maximum Gasteiger partial charge on any atom is 0.323 e. The minimum absolute atomic E-state index is 0.329. The van der Waals surface area contributed by atoms with Crippen molar-refractivity contribution in [2.45, 2.75) is 24.7 Å². The highest BCUT2D eigenvalue weighted by molar-refractivity contribution is 9.08.